The summed E-state index contributed by atoms with van der Waals surface area (Å²) in [5.41, 5.74) is 0.934. The third kappa shape index (κ3) is 2.91. The van der Waals surface area contributed by atoms with Gasteiger partial charge in [0.2, 0.25) is 11.8 Å². The Balaban J connectivity index is 1.81. The second-order valence-electron chi connectivity index (χ2n) is 5.70. The van der Waals surface area contributed by atoms with Crippen LogP contribution in [0.4, 0.5) is 0 Å². The second-order valence-corrected chi connectivity index (χ2v) is 6.11. The molecule has 0 aromatic heterocycles. The van der Waals surface area contributed by atoms with Gasteiger partial charge in [0.15, 0.2) is 0 Å². The van der Waals surface area contributed by atoms with E-state index in [2.05, 4.69) is 0 Å². The van der Waals surface area contributed by atoms with Gasteiger partial charge in [0, 0.05) is 31.1 Å². The number of nitrogens with zero attached hydrogens (tertiary/aromatic N) is 2. The van der Waals surface area contributed by atoms with Gasteiger partial charge in [-0.1, -0.05) is 29.8 Å². The maximum absolute atomic E-state index is 12.7. The number of amides is 2. The summed E-state index contributed by atoms with van der Waals surface area (Å²) in [6.45, 7) is 1.68. The first kappa shape index (κ1) is 14.4. The zero-order valence-corrected chi connectivity index (χ0v) is 12.7. The topological polar surface area (TPSA) is 40.6 Å². The molecule has 2 amide bonds. The molecule has 2 aliphatic heterocycles. The number of hydrogen-bond donors (Lipinski definition) is 0. The largest absolute Gasteiger partial charge is 0.336 e. The lowest BCUT2D eigenvalue weighted by Crippen LogP contribution is -2.49. The molecular formula is C16H19ClN2O2. The summed E-state index contributed by atoms with van der Waals surface area (Å²) in [6, 6.07) is 7.29. The first-order valence-corrected chi connectivity index (χ1v) is 7.86. The average Bonchev–Trinajstić information content (AvgIpc) is 2.62. The molecular weight excluding hydrogens is 288 g/mol. The molecule has 4 nitrogen and oxygen atoms in total. The molecule has 0 bridgehead atoms. The SMILES string of the molecule is O=C1C2CCCCN2C(=O)CCN1Cc1ccccc1Cl. The Hall–Kier alpha value is -1.55. The van der Waals surface area contributed by atoms with E-state index in [0.717, 1.165) is 31.4 Å². The van der Waals surface area contributed by atoms with Crippen molar-refractivity contribution in [1.29, 1.82) is 0 Å². The number of benzene rings is 1. The van der Waals surface area contributed by atoms with Crippen LogP contribution in [0.5, 0.6) is 0 Å². The highest BCUT2D eigenvalue weighted by atomic mass is 35.5. The quantitative estimate of drug-likeness (QED) is 0.842. The van der Waals surface area contributed by atoms with Crippen molar-refractivity contribution in [2.75, 3.05) is 13.1 Å². The molecule has 0 aliphatic carbocycles. The molecule has 0 radical (unpaired) electrons. The molecule has 2 saturated heterocycles. The number of carbonyl (C=O) groups excluding carboxylic acids is 2. The highest BCUT2D eigenvalue weighted by Crippen LogP contribution is 2.25. The van der Waals surface area contributed by atoms with Crippen molar-refractivity contribution in [1.82, 2.24) is 9.80 Å². The molecule has 0 spiro atoms. The third-order valence-electron chi connectivity index (χ3n) is 4.33. The summed E-state index contributed by atoms with van der Waals surface area (Å²) in [5, 5.41) is 0.668. The Kier molecular flexibility index (Phi) is 4.15. The van der Waals surface area contributed by atoms with Crippen LogP contribution in [-0.2, 0) is 16.1 Å². The van der Waals surface area contributed by atoms with E-state index < -0.39 is 0 Å². The molecule has 21 heavy (non-hydrogen) atoms. The summed E-state index contributed by atoms with van der Waals surface area (Å²) in [5.74, 6) is 0.176. The van der Waals surface area contributed by atoms with Gasteiger partial charge >= 0.3 is 0 Å². The van der Waals surface area contributed by atoms with Gasteiger partial charge in [-0.05, 0) is 30.9 Å². The lowest BCUT2D eigenvalue weighted by Gasteiger charge is -2.34. The molecule has 1 unspecified atom stereocenters. The van der Waals surface area contributed by atoms with Gasteiger partial charge in [-0.15, -0.1) is 0 Å². The monoisotopic (exact) mass is 306 g/mol. The van der Waals surface area contributed by atoms with Crippen molar-refractivity contribution in [3.8, 4) is 0 Å². The lowest BCUT2D eigenvalue weighted by molar-refractivity contribution is -0.143. The van der Waals surface area contributed by atoms with E-state index in [0.29, 0.717) is 24.5 Å². The number of piperidine rings is 1. The van der Waals surface area contributed by atoms with Crippen molar-refractivity contribution in [3.05, 3.63) is 34.9 Å². The smallest absolute Gasteiger partial charge is 0.245 e. The first-order chi connectivity index (χ1) is 10.2. The summed E-state index contributed by atoms with van der Waals surface area (Å²) in [7, 11) is 0. The van der Waals surface area contributed by atoms with Gasteiger partial charge < -0.3 is 9.80 Å². The van der Waals surface area contributed by atoms with Crippen LogP contribution in [0.3, 0.4) is 0 Å². The fraction of sp³-hybridized carbons (Fsp3) is 0.500. The van der Waals surface area contributed by atoms with Crippen LogP contribution in [0.1, 0.15) is 31.2 Å². The molecule has 5 heteroatoms. The molecule has 1 atom stereocenters. The van der Waals surface area contributed by atoms with Gasteiger partial charge in [0.05, 0.1) is 0 Å². The molecule has 0 N–H and O–H groups in total. The van der Waals surface area contributed by atoms with E-state index in [1.165, 1.54) is 0 Å². The number of hydrogen-bond acceptors (Lipinski definition) is 2. The maximum Gasteiger partial charge on any atom is 0.245 e. The predicted octanol–water partition coefficient (Wildman–Crippen LogP) is 2.45. The summed E-state index contributed by atoms with van der Waals surface area (Å²) < 4.78 is 0. The van der Waals surface area contributed by atoms with Crippen LogP contribution in [0, 0.1) is 0 Å². The van der Waals surface area contributed by atoms with E-state index in [1.54, 1.807) is 9.80 Å². The van der Waals surface area contributed by atoms with Crippen molar-refractivity contribution >= 4 is 23.4 Å². The molecule has 3 rings (SSSR count). The van der Waals surface area contributed by atoms with Gasteiger partial charge in [0.1, 0.15) is 6.04 Å². The molecule has 112 valence electrons. The molecule has 2 fully saturated rings. The van der Waals surface area contributed by atoms with Crippen LogP contribution >= 0.6 is 11.6 Å². The summed E-state index contributed by atoms with van der Waals surface area (Å²) in [6.07, 6.45) is 3.20. The zero-order valence-electron chi connectivity index (χ0n) is 11.9. The van der Waals surface area contributed by atoms with Crippen LogP contribution in [0.25, 0.3) is 0 Å². The number of rotatable bonds is 2. The van der Waals surface area contributed by atoms with Gasteiger partial charge in [-0.2, -0.15) is 0 Å². The third-order valence-corrected chi connectivity index (χ3v) is 4.70. The van der Waals surface area contributed by atoms with Crippen LogP contribution in [0.2, 0.25) is 5.02 Å². The van der Waals surface area contributed by atoms with E-state index >= 15 is 0 Å². The standard InChI is InChI=1S/C16H19ClN2O2/c17-13-6-2-1-5-12(13)11-18-10-8-15(20)19-9-4-3-7-14(19)16(18)21/h1-2,5-6,14H,3-4,7-11H2. The van der Waals surface area contributed by atoms with Gasteiger partial charge in [0.25, 0.3) is 0 Å². The average molecular weight is 307 g/mol. The van der Waals surface area contributed by atoms with E-state index in [9.17, 15) is 9.59 Å². The van der Waals surface area contributed by atoms with Crippen LogP contribution < -0.4 is 0 Å². The van der Waals surface area contributed by atoms with Crippen molar-refractivity contribution in [2.45, 2.75) is 38.3 Å². The molecule has 2 aliphatic rings. The Morgan fingerprint density at radius 3 is 2.76 bits per heavy atom. The summed E-state index contributed by atoms with van der Waals surface area (Å²) in [4.78, 5) is 28.5. The maximum atomic E-state index is 12.7. The fourth-order valence-electron chi connectivity index (χ4n) is 3.17. The van der Waals surface area contributed by atoms with Crippen LogP contribution in [-0.4, -0.2) is 40.7 Å². The molecule has 1 aromatic rings. The Morgan fingerprint density at radius 1 is 1.14 bits per heavy atom. The van der Waals surface area contributed by atoms with E-state index in [1.807, 2.05) is 24.3 Å². The fourth-order valence-corrected chi connectivity index (χ4v) is 3.37. The highest BCUT2D eigenvalue weighted by Gasteiger charge is 2.37. The second kappa shape index (κ2) is 6.06. The minimum absolute atomic E-state index is 0.0699. The minimum atomic E-state index is -0.267. The molecule has 1 aromatic carbocycles. The van der Waals surface area contributed by atoms with Gasteiger partial charge in [-0.3, -0.25) is 9.59 Å². The van der Waals surface area contributed by atoms with Crippen molar-refractivity contribution < 1.29 is 9.59 Å². The molecule has 0 saturated carbocycles. The number of carbonyl (C=O) groups is 2. The van der Waals surface area contributed by atoms with Crippen molar-refractivity contribution in [2.24, 2.45) is 0 Å². The predicted molar refractivity (Wildman–Crippen MR) is 80.8 cm³/mol. The zero-order chi connectivity index (χ0) is 14.8. The Labute approximate surface area is 129 Å². The lowest BCUT2D eigenvalue weighted by atomic mass is 10.0. The van der Waals surface area contributed by atoms with Gasteiger partial charge in [-0.25, -0.2) is 0 Å². The van der Waals surface area contributed by atoms with E-state index in [-0.39, 0.29) is 17.9 Å². The molecule has 2 heterocycles. The van der Waals surface area contributed by atoms with E-state index in [4.69, 9.17) is 11.6 Å². The van der Waals surface area contributed by atoms with Crippen LogP contribution in [0.15, 0.2) is 24.3 Å². The Morgan fingerprint density at radius 2 is 1.95 bits per heavy atom. The normalized spacial score (nSPS) is 23.0. The number of halogens is 1. The highest BCUT2D eigenvalue weighted by molar-refractivity contribution is 6.31. The van der Waals surface area contributed by atoms with Crippen molar-refractivity contribution in [3.63, 3.8) is 0 Å². The first-order valence-electron chi connectivity index (χ1n) is 7.48. The number of fused-ring (bicyclic) bond motifs is 1. The Bertz CT molecular complexity index is 561. The summed E-state index contributed by atoms with van der Waals surface area (Å²) >= 11 is 6.18. The minimum Gasteiger partial charge on any atom is -0.336 e.